The van der Waals surface area contributed by atoms with Gasteiger partial charge in [0.25, 0.3) is 0 Å². The first-order chi connectivity index (χ1) is 6.59. The van der Waals surface area contributed by atoms with Gasteiger partial charge in [-0.3, -0.25) is 4.79 Å². The Morgan fingerprint density at radius 1 is 1.67 bits per heavy atom. The zero-order chi connectivity index (χ0) is 11.6. The maximum atomic E-state index is 11.4. The molecule has 0 aromatic heterocycles. The highest BCUT2D eigenvalue weighted by Gasteiger charge is 2.40. The zero-order valence-electron chi connectivity index (χ0n) is 10.4. The van der Waals surface area contributed by atoms with Crippen LogP contribution in [-0.4, -0.2) is 25.2 Å². The van der Waals surface area contributed by atoms with Crippen LogP contribution in [0.2, 0.25) is 0 Å². The third-order valence-corrected chi connectivity index (χ3v) is 1.22. The van der Waals surface area contributed by atoms with Crippen molar-refractivity contribution in [2.45, 2.75) is 12.7 Å². The standard InChI is InChI=1S/C6H8O3/c7-5-3-9-6-4(5)1-2-8-6/h4,6H,1-3H2/t4-,6+/m0/s1/i1D2,2D2,3D2. The van der Waals surface area contributed by atoms with Crippen molar-refractivity contribution in [1.82, 2.24) is 0 Å². The van der Waals surface area contributed by atoms with E-state index in [4.69, 9.17) is 8.22 Å². The fourth-order valence-corrected chi connectivity index (χ4v) is 0.753. The van der Waals surface area contributed by atoms with Gasteiger partial charge in [-0.25, -0.2) is 0 Å². The van der Waals surface area contributed by atoms with E-state index in [0.717, 1.165) is 0 Å². The molecule has 0 spiro atoms. The van der Waals surface area contributed by atoms with Gasteiger partial charge in [0.05, 0.1) is 18.0 Å². The van der Waals surface area contributed by atoms with Crippen molar-refractivity contribution in [2.75, 3.05) is 13.1 Å². The lowest BCUT2D eigenvalue weighted by atomic mass is 10.1. The van der Waals surface area contributed by atoms with Crippen molar-refractivity contribution in [2.24, 2.45) is 5.92 Å². The van der Waals surface area contributed by atoms with Crippen molar-refractivity contribution in [3.63, 3.8) is 0 Å². The molecule has 2 saturated heterocycles. The lowest BCUT2D eigenvalue weighted by Crippen LogP contribution is -2.13. The van der Waals surface area contributed by atoms with Crippen LogP contribution in [0.25, 0.3) is 0 Å². The van der Waals surface area contributed by atoms with Gasteiger partial charge in [0, 0.05) is 2.74 Å². The Morgan fingerprint density at radius 3 is 3.33 bits per heavy atom. The van der Waals surface area contributed by atoms with Gasteiger partial charge >= 0.3 is 0 Å². The van der Waals surface area contributed by atoms with Crippen LogP contribution in [-0.2, 0) is 14.3 Å². The van der Waals surface area contributed by atoms with Gasteiger partial charge in [-0.15, -0.1) is 0 Å². The quantitative estimate of drug-likeness (QED) is 0.466. The number of ketones is 1. The van der Waals surface area contributed by atoms with Crippen LogP contribution >= 0.6 is 0 Å². The summed E-state index contributed by atoms with van der Waals surface area (Å²) in [6.07, 6.45) is -4.07. The summed E-state index contributed by atoms with van der Waals surface area (Å²) in [5, 5.41) is 0. The largest absolute Gasteiger partial charge is 0.352 e. The van der Waals surface area contributed by atoms with E-state index < -0.39 is 37.5 Å². The first-order valence-electron chi connectivity index (χ1n) is 5.49. The second-order valence-corrected chi connectivity index (χ2v) is 1.79. The maximum absolute atomic E-state index is 11.4. The summed E-state index contributed by atoms with van der Waals surface area (Å²) in [6.45, 7) is -5.24. The molecule has 2 aliphatic heterocycles. The normalized spacial score (nSPS) is 68.2. The van der Waals surface area contributed by atoms with Crippen molar-refractivity contribution in [3.05, 3.63) is 0 Å². The fourth-order valence-electron chi connectivity index (χ4n) is 0.753. The molecule has 0 amide bonds. The van der Waals surface area contributed by atoms with Gasteiger partial charge in [-0.05, 0) is 6.37 Å². The van der Waals surface area contributed by atoms with Crippen molar-refractivity contribution in [1.29, 1.82) is 0 Å². The first kappa shape index (κ1) is 2.04. The maximum Gasteiger partial charge on any atom is 0.168 e. The van der Waals surface area contributed by atoms with E-state index in [2.05, 4.69) is 9.47 Å². The van der Waals surface area contributed by atoms with E-state index >= 15 is 0 Å². The molecule has 2 fully saturated rings. The first-order valence-corrected chi connectivity index (χ1v) is 2.49. The van der Waals surface area contributed by atoms with E-state index in [-0.39, 0.29) is 0 Å². The number of rotatable bonds is 0. The van der Waals surface area contributed by atoms with E-state index in [0.29, 0.717) is 0 Å². The molecule has 2 atom stereocenters. The Morgan fingerprint density at radius 2 is 2.56 bits per heavy atom. The van der Waals surface area contributed by atoms with Crippen LogP contribution in [0.4, 0.5) is 0 Å². The number of ether oxygens (including phenoxy) is 2. The molecule has 2 aliphatic rings. The van der Waals surface area contributed by atoms with E-state index in [9.17, 15) is 4.79 Å². The van der Waals surface area contributed by atoms with Crippen LogP contribution < -0.4 is 0 Å². The second-order valence-electron chi connectivity index (χ2n) is 1.79. The van der Waals surface area contributed by atoms with E-state index in [1.165, 1.54) is 0 Å². The van der Waals surface area contributed by atoms with Crippen molar-refractivity contribution >= 4 is 5.78 Å². The summed E-state index contributed by atoms with van der Waals surface area (Å²) in [6, 6.07) is 0. The molecule has 0 N–H and O–H groups in total. The number of carbonyl (C=O) groups is 1. The summed E-state index contributed by atoms with van der Waals surface area (Å²) < 4.78 is 52.6. The summed E-state index contributed by atoms with van der Waals surface area (Å²) in [5.41, 5.74) is 0. The highest BCUT2D eigenvalue weighted by Crippen LogP contribution is 2.27. The third kappa shape index (κ3) is 0.686. The van der Waals surface area contributed by atoms with E-state index in [1.54, 1.807) is 0 Å². The molecule has 0 aromatic carbocycles. The van der Waals surface area contributed by atoms with Crippen molar-refractivity contribution < 1.29 is 22.5 Å². The van der Waals surface area contributed by atoms with Gasteiger partial charge in [-0.2, -0.15) is 0 Å². The van der Waals surface area contributed by atoms with Crippen LogP contribution in [0.15, 0.2) is 0 Å². The van der Waals surface area contributed by atoms with E-state index in [1.807, 2.05) is 0 Å². The molecule has 3 nitrogen and oxygen atoms in total. The molecule has 3 heteroatoms. The van der Waals surface area contributed by atoms with Gasteiger partial charge < -0.3 is 9.47 Å². The Kier molecular flexibility index (Phi) is 0.404. The Labute approximate surface area is 61.4 Å². The zero-order valence-corrected chi connectivity index (χ0v) is 4.38. The van der Waals surface area contributed by atoms with Gasteiger partial charge in [0.1, 0.15) is 6.56 Å². The van der Waals surface area contributed by atoms with Crippen LogP contribution in [0.3, 0.4) is 0 Å². The molecule has 0 bridgehead atoms. The Bertz CT molecular complexity index is 327. The summed E-state index contributed by atoms with van der Waals surface area (Å²) in [5.74, 6) is -2.67. The minimum absolute atomic E-state index is 1.11. The Hall–Kier alpha value is -0.410. The van der Waals surface area contributed by atoms with Gasteiger partial charge in [0.2, 0.25) is 0 Å². The van der Waals surface area contributed by atoms with Crippen molar-refractivity contribution in [3.8, 4) is 0 Å². The second kappa shape index (κ2) is 1.78. The SMILES string of the molecule is [2H]C1([2H])O[C@H]2OC([2H])([2H])C([2H])([2H])[C@H]2C1=O. The van der Waals surface area contributed by atoms with Gasteiger partial charge in [0.15, 0.2) is 12.1 Å². The molecule has 50 valence electrons. The molecule has 0 aromatic rings. The number of Topliss-reactive ketones (excluding diaryl/α,β-unsaturated/α-hetero) is 1. The topological polar surface area (TPSA) is 35.5 Å². The highest BCUT2D eigenvalue weighted by molar-refractivity contribution is 5.84. The summed E-state index contributed by atoms with van der Waals surface area (Å²) in [4.78, 5) is 11.4. The lowest BCUT2D eigenvalue weighted by molar-refractivity contribution is -0.120. The Balaban J connectivity index is 2.40. The summed E-state index contributed by atoms with van der Waals surface area (Å²) in [7, 11) is 0. The molecule has 0 aliphatic carbocycles. The number of fused-ring (bicyclic) bond motifs is 1. The molecule has 0 saturated carbocycles. The molecular weight excluding hydrogens is 120 g/mol. The number of hydrogen-bond acceptors (Lipinski definition) is 3. The molecule has 0 unspecified atom stereocenters. The van der Waals surface area contributed by atoms with Crippen LogP contribution in [0, 0.1) is 5.92 Å². The summed E-state index contributed by atoms with van der Waals surface area (Å²) >= 11 is 0. The minimum Gasteiger partial charge on any atom is -0.352 e. The average molecular weight is 134 g/mol. The molecule has 2 heterocycles. The predicted octanol–water partition coefficient (Wildman–Crippen LogP) is -0.0517. The van der Waals surface area contributed by atoms with Crippen LogP contribution in [0.5, 0.6) is 0 Å². The van der Waals surface area contributed by atoms with Crippen LogP contribution in [0.1, 0.15) is 14.6 Å². The molecule has 2 rings (SSSR count). The number of hydrogen-bond donors (Lipinski definition) is 0. The molecule has 9 heavy (non-hydrogen) atoms. The molecular formula is C6H8O3. The fraction of sp³-hybridized carbons (Fsp3) is 0.833. The number of carbonyl (C=O) groups excluding carboxylic acids is 1. The van der Waals surface area contributed by atoms with Gasteiger partial charge in [-0.1, -0.05) is 0 Å². The third-order valence-electron chi connectivity index (χ3n) is 1.22. The minimum atomic E-state index is -2.64. The molecule has 0 radical (unpaired) electrons. The average Bonchev–Trinajstić information content (AvgIpc) is 2.29. The predicted molar refractivity (Wildman–Crippen MR) is 28.8 cm³/mol. The highest BCUT2D eigenvalue weighted by atomic mass is 16.7. The lowest BCUT2D eigenvalue weighted by Gasteiger charge is -2.02. The monoisotopic (exact) mass is 134 g/mol. The smallest absolute Gasteiger partial charge is 0.168 e.